The number of benzene rings is 2. The van der Waals surface area contributed by atoms with Gasteiger partial charge < -0.3 is 14.4 Å². The summed E-state index contributed by atoms with van der Waals surface area (Å²) < 4.78 is 23.8. The van der Waals surface area contributed by atoms with Crippen LogP contribution in [0.4, 0.5) is 4.39 Å². The SMILES string of the molecule is COc1ccc(C2CCCN2C(=O)/C=C/c2ccc(OC)c(F)c2)cc1. The smallest absolute Gasteiger partial charge is 0.247 e. The highest BCUT2D eigenvalue weighted by atomic mass is 19.1. The molecule has 26 heavy (non-hydrogen) atoms. The zero-order valence-corrected chi connectivity index (χ0v) is 14.9. The highest BCUT2D eigenvalue weighted by molar-refractivity contribution is 5.92. The van der Waals surface area contributed by atoms with Gasteiger partial charge in [0.25, 0.3) is 0 Å². The van der Waals surface area contributed by atoms with Gasteiger partial charge in [-0.2, -0.15) is 0 Å². The molecule has 0 N–H and O–H groups in total. The first-order valence-corrected chi connectivity index (χ1v) is 8.58. The predicted molar refractivity (Wildman–Crippen MR) is 98.7 cm³/mol. The molecule has 2 aromatic carbocycles. The molecule has 0 aromatic heterocycles. The number of nitrogens with zero attached hydrogens (tertiary/aromatic N) is 1. The Labute approximate surface area is 152 Å². The van der Waals surface area contributed by atoms with E-state index in [1.165, 1.54) is 19.3 Å². The fourth-order valence-electron chi connectivity index (χ4n) is 3.25. The van der Waals surface area contributed by atoms with E-state index in [4.69, 9.17) is 9.47 Å². The molecule has 1 saturated heterocycles. The second-order valence-corrected chi connectivity index (χ2v) is 6.19. The molecule has 4 nitrogen and oxygen atoms in total. The van der Waals surface area contributed by atoms with E-state index in [0.717, 1.165) is 30.7 Å². The molecular weight excluding hydrogens is 333 g/mol. The van der Waals surface area contributed by atoms with Crippen LogP contribution >= 0.6 is 0 Å². The quantitative estimate of drug-likeness (QED) is 0.754. The van der Waals surface area contributed by atoms with Crippen molar-refractivity contribution in [2.45, 2.75) is 18.9 Å². The van der Waals surface area contributed by atoms with Gasteiger partial charge in [0, 0.05) is 12.6 Å². The van der Waals surface area contributed by atoms with Gasteiger partial charge in [-0.1, -0.05) is 18.2 Å². The van der Waals surface area contributed by atoms with Gasteiger partial charge in [-0.25, -0.2) is 4.39 Å². The second-order valence-electron chi connectivity index (χ2n) is 6.19. The summed E-state index contributed by atoms with van der Waals surface area (Å²) in [7, 11) is 3.05. The Morgan fingerprint density at radius 3 is 2.58 bits per heavy atom. The Morgan fingerprint density at radius 2 is 1.92 bits per heavy atom. The summed E-state index contributed by atoms with van der Waals surface area (Å²) in [5.41, 5.74) is 1.72. The van der Waals surface area contributed by atoms with Crippen molar-refractivity contribution in [3.8, 4) is 11.5 Å². The second kappa shape index (κ2) is 8.04. The van der Waals surface area contributed by atoms with Crippen molar-refractivity contribution >= 4 is 12.0 Å². The molecule has 1 aliphatic heterocycles. The molecule has 0 spiro atoms. The van der Waals surface area contributed by atoms with Gasteiger partial charge in [-0.05, 0) is 54.3 Å². The van der Waals surface area contributed by atoms with Crippen molar-refractivity contribution in [1.29, 1.82) is 0 Å². The molecule has 1 aliphatic rings. The van der Waals surface area contributed by atoms with E-state index in [1.807, 2.05) is 29.2 Å². The van der Waals surface area contributed by atoms with E-state index in [2.05, 4.69) is 0 Å². The van der Waals surface area contributed by atoms with Crippen LogP contribution in [0.5, 0.6) is 11.5 Å². The molecule has 1 fully saturated rings. The molecule has 1 amide bonds. The fraction of sp³-hybridized carbons (Fsp3) is 0.286. The highest BCUT2D eigenvalue weighted by Gasteiger charge is 2.28. The predicted octanol–water partition coefficient (Wildman–Crippen LogP) is 4.22. The summed E-state index contributed by atoms with van der Waals surface area (Å²) in [4.78, 5) is 14.5. The van der Waals surface area contributed by atoms with Crippen LogP contribution in [0.3, 0.4) is 0 Å². The van der Waals surface area contributed by atoms with Crippen LogP contribution in [-0.2, 0) is 4.79 Å². The average Bonchev–Trinajstić information content (AvgIpc) is 3.16. The van der Waals surface area contributed by atoms with Crippen molar-refractivity contribution in [1.82, 2.24) is 4.90 Å². The third-order valence-corrected chi connectivity index (χ3v) is 4.63. The third-order valence-electron chi connectivity index (χ3n) is 4.63. The monoisotopic (exact) mass is 355 g/mol. The molecule has 0 saturated carbocycles. The summed E-state index contributed by atoms with van der Waals surface area (Å²) in [5.74, 6) is 0.470. The normalized spacial score (nSPS) is 16.9. The number of ether oxygens (including phenoxy) is 2. The number of hydrogen-bond acceptors (Lipinski definition) is 3. The number of carbonyl (C=O) groups excluding carboxylic acids is 1. The van der Waals surface area contributed by atoms with Crippen LogP contribution in [0.2, 0.25) is 0 Å². The number of hydrogen-bond donors (Lipinski definition) is 0. The van der Waals surface area contributed by atoms with Gasteiger partial charge >= 0.3 is 0 Å². The van der Waals surface area contributed by atoms with E-state index in [-0.39, 0.29) is 17.7 Å². The minimum atomic E-state index is -0.445. The maximum atomic E-state index is 13.8. The van der Waals surface area contributed by atoms with Crippen molar-refractivity contribution in [3.05, 3.63) is 65.5 Å². The van der Waals surface area contributed by atoms with Crippen LogP contribution in [0.25, 0.3) is 6.08 Å². The van der Waals surface area contributed by atoms with E-state index in [1.54, 1.807) is 25.3 Å². The molecule has 3 rings (SSSR count). The summed E-state index contributed by atoms with van der Waals surface area (Å²) >= 11 is 0. The molecular formula is C21H22FNO3. The number of carbonyl (C=O) groups is 1. The van der Waals surface area contributed by atoms with E-state index in [9.17, 15) is 9.18 Å². The molecule has 0 radical (unpaired) electrons. The molecule has 0 aliphatic carbocycles. The third kappa shape index (κ3) is 3.87. The van der Waals surface area contributed by atoms with Crippen molar-refractivity contribution < 1.29 is 18.7 Å². The van der Waals surface area contributed by atoms with Crippen LogP contribution in [-0.4, -0.2) is 31.6 Å². The highest BCUT2D eigenvalue weighted by Crippen LogP contribution is 2.33. The lowest BCUT2D eigenvalue weighted by molar-refractivity contribution is -0.126. The molecule has 1 heterocycles. The van der Waals surface area contributed by atoms with E-state index in [0.29, 0.717) is 5.56 Å². The number of likely N-dealkylation sites (tertiary alicyclic amines) is 1. The topological polar surface area (TPSA) is 38.8 Å². The molecule has 136 valence electrons. The minimum Gasteiger partial charge on any atom is -0.497 e. The van der Waals surface area contributed by atoms with Gasteiger partial charge in [0.15, 0.2) is 11.6 Å². The zero-order chi connectivity index (χ0) is 18.5. The summed E-state index contributed by atoms with van der Waals surface area (Å²) in [6.45, 7) is 0.719. The Bertz CT molecular complexity index is 801. The Balaban J connectivity index is 1.72. The minimum absolute atomic E-state index is 0.0608. The lowest BCUT2D eigenvalue weighted by Crippen LogP contribution is -2.28. The molecule has 1 atom stereocenters. The van der Waals surface area contributed by atoms with Crippen molar-refractivity contribution in [2.75, 3.05) is 20.8 Å². The maximum Gasteiger partial charge on any atom is 0.247 e. The van der Waals surface area contributed by atoms with Crippen LogP contribution < -0.4 is 9.47 Å². The first kappa shape index (κ1) is 18.0. The first-order chi connectivity index (χ1) is 12.6. The summed E-state index contributed by atoms with van der Waals surface area (Å²) in [5, 5.41) is 0. The number of methoxy groups -OCH3 is 2. The van der Waals surface area contributed by atoms with Gasteiger partial charge in [0.2, 0.25) is 5.91 Å². The molecule has 0 bridgehead atoms. The summed E-state index contributed by atoms with van der Waals surface area (Å²) in [6, 6.07) is 12.5. The first-order valence-electron chi connectivity index (χ1n) is 8.58. The molecule has 1 unspecified atom stereocenters. The number of halogens is 1. The fourth-order valence-corrected chi connectivity index (χ4v) is 3.25. The zero-order valence-electron chi connectivity index (χ0n) is 14.9. The van der Waals surface area contributed by atoms with Crippen molar-refractivity contribution in [3.63, 3.8) is 0 Å². The standard InChI is InChI=1S/C21H22FNO3/c1-25-17-9-7-16(8-10-17)19-4-3-13-23(19)21(24)12-6-15-5-11-20(26-2)18(22)14-15/h5-12,14,19H,3-4,13H2,1-2H3/b12-6+. The van der Waals surface area contributed by atoms with Gasteiger partial charge in [-0.3, -0.25) is 4.79 Å². The number of rotatable bonds is 5. The van der Waals surface area contributed by atoms with Crippen LogP contribution in [0.15, 0.2) is 48.5 Å². The maximum absolute atomic E-state index is 13.8. The largest absolute Gasteiger partial charge is 0.497 e. The van der Waals surface area contributed by atoms with Crippen molar-refractivity contribution in [2.24, 2.45) is 0 Å². The number of amides is 1. The Hall–Kier alpha value is -2.82. The molecule has 5 heteroatoms. The lowest BCUT2D eigenvalue weighted by atomic mass is 10.0. The van der Waals surface area contributed by atoms with Crippen LogP contribution in [0, 0.1) is 5.82 Å². The lowest BCUT2D eigenvalue weighted by Gasteiger charge is -2.24. The Kier molecular flexibility index (Phi) is 5.56. The summed E-state index contributed by atoms with van der Waals surface area (Å²) in [6.07, 6.45) is 5.04. The van der Waals surface area contributed by atoms with E-state index >= 15 is 0 Å². The van der Waals surface area contributed by atoms with Crippen LogP contribution in [0.1, 0.15) is 30.0 Å². The van der Waals surface area contributed by atoms with Gasteiger partial charge in [0.1, 0.15) is 5.75 Å². The van der Waals surface area contributed by atoms with Gasteiger partial charge in [0.05, 0.1) is 20.3 Å². The average molecular weight is 355 g/mol. The van der Waals surface area contributed by atoms with E-state index < -0.39 is 5.82 Å². The van der Waals surface area contributed by atoms with Gasteiger partial charge in [-0.15, -0.1) is 0 Å². The Morgan fingerprint density at radius 1 is 1.15 bits per heavy atom. The molecule has 2 aromatic rings.